The van der Waals surface area contributed by atoms with Crippen LogP contribution >= 0.6 is 0 Å². The highest BCUT2D eigenvalue weighted by molar-refractivity contribution is 5.76. The van der Waals surface area contributed by atoms with Crippen LogP contribution in [-0.2, 0) is 9.53 Å². The van der Waals surface area contributed by atoms with E-state index in [0.29, 0.717) is 36.5 Å². The van der Waals surface area contributed by atoms with Gasteiger partial charge in [-0.25, -0.2) is 0 Å². The quantitative estimate of drug-likeness (QED) is 0.737. The van der Waals surface area contributed by atoms with E-state index in [1.807, 2.05) is 0 Å². The Kier molecular flexibility index (Phi) is 6.84. The second-order valence-corrected chi connectivity index (χ2v) is 6.14. The van der Waals surface area contributed by atoms with E-state index in [-0.39, 0.29) is 0 Å². The molecule has 1 saturated heterocycles. The van der Waals surface area contributed by atoms with Gasteiger partial charge in [0.05, 0.1) is 12.2 Å². The molecule has 0 radical (unpaired) electrons. The molecule has 1 rings (SSSR count). The van der Waals surface area contributed by atoms with Crippen molar-refractivity contribution >= 4 is 5.91 Å². The summed E-state index contributed by atoms with van der Waals surface area (Å²) in [7, 11) is 0. The molecule has 0 bridgehead atoms. The molecular weight excluding hydrogens is 238 g/mol. The molecule has 0 N–H and O–H groups in total. The number of rotatable bonds is 6. The summed E-state index contributed by atoms with van der Waals surface area (Å²) in [6.45, 7) is 11.6. The molecule has 0 aromatic carbocycles. The number of hydrogen-bond donors (Lipinski definition) is 0. The molecule has 3 heteroatoms. The molecule has 1 fully saturated rings. The number of carbonyl (C=O) groups excluding carboxylic acids is 1. The largest absolute Gasteiger partial charge is 0.376 e. The van der Waals surface area contributed by atoms with Crippen molar-refractivity contribution in [2.45, 2.75) is 85.0 Å². The Morgan fingerprint density at radius 3 is 2.32 bits per heavy atom. The van der Waals surface area contributed by atoms with Gasteiger partial charge in [0, 0.05) is 19.0 Å². The summed E-state index contributed by atoms with van der Waals surface area (Å²) in [6, 6.07) is 0.363. The zero-order valence-corrected chi connectivity index (χ0v) is 13.3. The van der Waals surface area contributed by atoms with Gasteiger partial charge >= 0.3 is 0 Å². The van der Waals surface area contributed by atoms with E-state index in [1.165, 1.54) is 0 Å². The summed E-state index contributed by atoms with van der Waals surface area (Å²) >= 11 is 0. The van der Waals surface area contributed by atoms with Crippen LogP contribution in [0.1, 0.15) is 66.7 Å². The summed E-state index contributed by atoms with van der Waals surface area (Å²) in [4.78, 5) is 14.6. The van der Waals surface area contributed by atoms with Crippen molar-refractivity contribution in [1.29, 1.82) is 0 Å². The Labute approximate surface area is 118 Å². The Balaban J connectivity index is 2.55. The average molecular weight is 269 g/mol. The van der Waals surface area contributed by atoms with Crippen molar-refractivity contribution in [3.05, 3.63) is 0 Å². The lowest BCUT2D eigenvalue weighted by atomic mass is 9.89. The van der Waals surface area contributed by atoms with Crippen LogP contribution in [0.3, 0.4) is 0 Å². The summed E-state index contributed by atoms with van der Waals surface area (Å²) in [5.41, 5.74) is 0. The van der Waals surface area contributed by atoms with Crippen LogP contribution in [0, 0.1) is 5.92 Å². The maximum atomic E-state index is 12.5. The maximum absolute atomic E-state index is 12.5. The van der Waals surface area contributed by atoms with Gasteiger partial charge < -0.3 is 9.64 Å². The van der Waals surface area contributed by atoms with Gasteiger partial charge in [-0.15, -0.1) is 0 Å². The second kappa shape index (κ2) is 7.88. The van der Waals surface area contributed by atoms with E-state index in [0.717, 1.165) is 32.2 Å². The molecule has 0 saturated carbocycles. The van der Waals surface area contributed by atoms with Crippen molar-refractivity contribution in [2.24, 2.45) is 5.92 Å². The lowest BCUT2D eigenvalue weighted by Gasteiger charge is -2.34. The Bertz CT molecular complexity index is 270. The minimum atomic E-state index is 0.296. The van der Waals surface area contributed by atoms with Crippen LogP contribution < -0.4 is 0 Å². The third kappa shape index (κ3) is 5.13. The molecule has 3 unspecified atom stereocenters. The van der Waals surface area contributed by atoms with E-state index in [9.17, 15) is 4.79 Å². The van der Waals surface area contributed by atoms with Gasteiger partial charge in [-0.2, -0.15) is 0 Å². The van der Waals surface area contributed by atoms with Gasteiger partial charge in [-0.3, -0.25) is 4.79 Å². The minimum absolute atomic E-state index is 0.296. The fraction of sp³-hybridized carbons (Fsp3) is 0.938. The molecule has 0 aromatic rings. The van der Waals surface area contributed by atoms with Crippen molar-refractivity contribution in [1.82, 2.24) is 4.90 Å². The highest BCUT2D eigenvalue weighted by Crippen LogP contribution is 2.28. The Morgan fingerprint density at radius 2 is 1.84 bits per heavy atom. The van der Waals surface area contributed by atoms with E-state index in [1.54, 1.807) is 0 Å². The predicted octanol–water partition coefficient (Wildman–Crippen LogP) is 3.62. The fourth-order valence-corrected chi connectivity index (χ4v) is 3.13. The molecule has 0 aromatic heterocycles. The molecule has 1 amide bonds. The first-order valence-corrected chi connectivity index (χ1v) is 7.92. The predicted molar refractivity (Wildman–Crippen MR) is 79.1 cm³/mol. The molecule has 1 heterocycles. The molecule has 3 nitrogen and oxygen atoms in total. The van der Waals surface area contributed by atoms with Gasteiger partial charge in [-0.05, 0) is 52.4 Å². The van der Waals surface area contributed by atoms with Crippen LogP contribution in [-0.4, -0.2) is 35.6 Å². The first-order valence-electron chi connectivity index (χ1n) is 7.92. The summed E-state index contributed by atoms with van der Waals surface area (Å²) in [5.74, 6) is 0.831. The Morgan fingerprint density at radius 1 is 1.26 bits per heavy atom. The van der Waals surface area contributed by atoms with Crippen LogP contribution in [0.15, 0.2) is 0 Å². The van der Waals surface area contributed by atoms with Crippen molar-refractivity contribution in [3.8, 4) is 0 Å². The lowest BCUT2D eigenvalue weighted by molar-refractivity contribution is -0.136. The SMILES string of the molecule is CCCN(C(=O)CC1CC(C)OC(C)C1)C(C)CC. The van der Waals surface area contributed by atoms with E-state index >= 15 is 0 Å². The first-order chi connectivity index (χ1) is 8.97. The molecule has 0 spiro atoms. The zero-order chi connectivity index (χ0) is 14.4. The molecule has 1 aliphatic heterocycles. The lowest BCUT2D eigenvalue weighted by Crippen LogP contribution is -2.41. The normalized spacial score (nSPS) is 29.0. The van der Waals surface area contributed by atoms with Crippen LogP contribution in [0.5, 0.6) is 0 Å². The summed E-state index contributed by atoms with van der Waals surface area (Å²) < 4.78 is 5.75. The molecule has 1 aliphatic rings. The smallest absolute Gasteiger partial charge is 0.223 e. The van der Waals surface area contributed by atoms with Crippen molar-refractivity contribution in [2.75, 3.05) is 6.54 Å². The van der Waals surface area contributed by atoms with Crippen LogP contribution in [0.4, 0.5) is 0 Å². The number of nitrogens with zero attached hydrogens (tertiary/aromatic N) is 1. The third-order valence-corrected chi connectivity index (χ3v) is 4.17. The first kappa shape index (κ1) is 16.5. The number of amides is 1. The van der Waals surface area contributed by atoms with Gasteiger partial charge in [0.25, 0.3) is 0 Å². The van der Waals surface area contributed by atoms with Crippen LogP contribution in [0.2, 0.25) is 0 Å². The molecule has 0 aliphatic carbocycles. The molecule has 19 heavy (non-hydrogen) atoms. The molecule has 112 valence electrons. The van der Waals surface area contributed by atoms with E-state index in [2.05, 4.69) is 39.5 Å². The standard InChI is InChI=1S/C16H31NO2/c1-6-8-17(12(3)7-2)16(18)11-15-9-13(4)19-14(5)10-15/h12-15H,6-11H2,1-5H3. The number of ether oxygens (including phenoxy) is 1. The minimum Gasteiger partial charge on any atom is -0.376 e. The van der Waals surface area contributed by atoms with E-state index < -0.39 is 0 Å². The van der Waals surface area contributed by atoms with Crippen molar-refractivity contribution in [3.63, 3.8) is 0 Å². The fourth-order valence-electron chi connectivity index (χ4n) is 3.13. The molecular formula is C16H31NO2. The van der Waals surface area contributed by atoms with Gasteiger partial charge in [0.15, 0.2) is 0 Å². The topological polar surface area (TPSA) is 29.5 Å². The average Bonchev–Trinajstić information content (AvgIpc) is 2.33. The second-order valence-electron chi connectivity index (χ2n) is 6.14. The van der Waals surface area contributed by atoms with Gasteiger partial charge in [-0.1, -0.05) is 13.8 Å². The Hall–Kier alpha value is -0.570. The van der Waals surface area contributed by atoms with Crippen LogP contribution in [0.25, 0.3) is 0 Å². The number of hydrogen-bond acceptors (Lipinski definition) is 2. The third-order valence-electron chi connectivity index (χ3n) is 4.17. The summed E-state index contributed by atoms with van der Waals surface area (Å²) in [5, 5.41) is 0. The van der Waals surface area contributed by atoms with Gasteiger partial charge in [0.2, 0.25) is 5.91 Å². The van der Waals surface area contributed by atoms with E-state index in [4.69, 9.17) is 4.74 Å². The summed E-state index contributed by atoms with van der Waals surface area (Å²) in [6.07, 6.45) is 5.41. The van der Waals surface area contributed by atoms with Gasteiger partial charge in [0.1, 0.15) is 0 Å². The highest BCUT2D eigenvalue weighted by atomic mass is 16.5. The maximum Gasteiger partial charge on any atom is 0.223 e. The number of carbonyl (C=O) groups is 1. The highest BCUT2D eigenvalue weighted by Gasteiger charge is 2.28. The zero-order valence-electron chi connectivity index (χ0n) is 13.3. The molecule has 3 atom stereocenters. The van der Waals surface area contributed by atoms with Crippen molar-refractivity contribution < 1.29 is 9.53 Å². The monoisotopic (exact) mass is 269 g/mol.